The molecule has 1 saturated carbocycles. The molecule has 0 aromatic heterocycles. The molecule has 4 rings (SSSR count). The molecule has 164 valence electrons. The zero-order valence-electron chi connectivity index (χ0n) is 18.3. The largest absolute Gasteiger partial charge is 0.497 e. The van der Waals surface area contributed by atoms with Crippen molar-refractivity contribution in [3.63, 3.8) is 0 Å². The van der Waals surface area contributed by atoms with Crippen molar-refractivity contribution in [3.05, 3.63) is 65.5 Å². The summed E-state index contributed by atoms with van der Waals surface area (Å²) in [5, 5.41) is 6.33. The van der Waals surface area contributed by atoms with E-state index in [4.69, 9.17) is 9.84 Å². The minimum absolute atomic E-state index is 0.0223. The van der Waals surface area contributed by atoms with Crippen molar-refractivity contribution in [2.24, 2.45) is 5.10 Å². The zero-order chi connectivity index (χ0) is 21.8. The van der Waals surface area contributed by atoms with Crippen molar-refractivity contribution in [3.8, 4) is 5.75 Å². The fourth-order valence-electron chi connectivity index (χ4n) is 4.58. The van der Waals surface area contributed by atoms with Crippen LogP contribution in [0.2, 0.25) is 0 Å². The number of hydrazone groups is 1. The van der Waals surface area contributed by atoms with Gasteiger partial charge < -0.3 is 4.74 Å². The van der Waals surface area contributed by atoms with Crippen LogP contribution in [0.3, 0.4) is 0 Å². The Bertz CT molecular complexity index is 921. The quantitative estimate of drug-likeness (QED) is 0.672. The minimum atomic E-state index is -0.284. The van der Waals surface area contributed by atoms with Crippen LogP contribution in [0.15, 0.2) is 53.6 Å². The maximum Gasteiger partial charge on any atom is 0.257 e. The van der Waals surface area contributed by atoms with Crippen LogP contribution < -0.4 is 4.74 Å². The lowest BCUT2D eigenvalue weighted by Gasteiger charge is -2.32. The number of carbonyl (C=O) groups is 1. The molecule has 0 N–H and O–H groups in total. The first-order chi connectivity index (χ1) is 15.0. The molecule has 1 fully saturated rings. The van der Waals surface area contributed by atoms with Gasteiger partial charge in [-0.3, -0.25) is 9.69 Å². The summed E-state index contributed by atoms with van der Waals surface area (Å²) in [6.45, 7) is 0.335. The second-order valence-corrected chi connectivity index (χ2v) is 8.49. The SMILES string of the molecule is COc1ccc(C2=NN(C(=O)CN(C)C3CCCCC3)C(c3ccc(F)cc3)C2)cc1. The lowest BCUT2D eigenvalue weighted by molar-refractivity contribution is -0.134. The highest BCUT2D eigenvalue weighted by Gasteiger charge is 2.34. The number of rotatable bonds is 6. The lowest BCUT2D eigenvalue weighted by Crippen LogP contribution is -2.42. The maximum absolute atomic E-state index is 13.5. The number of hydrogen-bond donors (Lipinski definition) is 0. The van der Waals surface area contributed by atoms with E-state index in [0.717, 1.165) is 35.4 Å². The number of likely N-dealkylation sites (N-methyl/N-ethyl adjacent to an activating group) is 1. The fourth-order valence-corrected chi connectivity index (χ4v) is 4.58. The first-order valence-corrected chi connectivity index (χ1v) is 11.0. The highest BCUT2D eigenvalue weighted by molar-refractivity contribution is 6.03. The Kier molecular flexibility index (Phi) is 6.66. The Balaban J connectivity index is 1.56. The van der Waals surface area contributed by atoms with Gasteiger partial charge in [0.05, 0.1) is 25.4 Å². The van der Waals surface area contributed by atoms with E-state index in [0.29, 0.717) is 19.0 Å². The van der Waals surface area contributed by atoms with E-state index in [-0.39, 0.29) is 17.8 Å². The number of nitrogens with zero attached hydrogens (tertiary/aromatic N) is 3. The summed E-state index contributed by atoms with van der Waals surface area (Å²) in [4.78, 5) is 15.5. The molecule has 5 nitrogen and oxygen atoms in total. The molecular weight excluding hydrogens is 393 g/mol. The van der Waals surface area contributed by atoms with Gasteiger partial charge in [-0.25, -0.2) is 9.40 Å². The molecule has 1 amide bonds. The Morgan fingerprint density at radius 3 is 2.42 bits per heavy atom. The van der Waals surface area contributed by atoms with Crippen molar-refractivity contribution < 1.29 is 13.9 Å². The summed E-state index contributed by atoms with van der Waals surface area (Å²) in [6.07, 6.45) is 6.62. The number of ether oxygens (including phenoxy) is 1. The predicted molar refractivity (Wildman–Crippen MR) is 120 cm³/mol. The first kappa shape index (κ1) is 21.5. The molecule has 0 spiro atoms. The lowest BCUT2D eigenvalue weighted by atomic mass is 9.94. The number of halogens is 1. The topological polar surface area (TPSA) is 45.1 Å². The molecular formula is C25H30FN3O2. The molecule has 1 aliphatic carbocycles. The van der Waals surface area contributed by atoms with E-state index in [9.17, 15) is 9.18 Å². The summed E-state index contributed by atoms with van der Waals surface area (Å²) in [6, 6.07) is 14.3. The smallest absolute Gasteiger partial charge is 0.257 e. The van der Waals surface area contributed by atoms with E-state index in [2.05, 4.69) is 4.90 Å². The van der Waals surface area contributed by atoms with Crippen LogP contribution in [0.5, 0.6) is 5.75 Å². The van der Waals surface area contributed by atoms with Crippen LogP contribution in [0.25, 0.3) is 0 Å². The van der Waals surface area contributed by atoms with Crippen LogP contribution in [0, 0.1) is 5.82 Å². The molecule has 1 heterocycles. The van der Waals surface area contributed by atoms with E-state index < -0.39 is 0 Å². The van der Waals surface area contributed by atoms with Crippen LogP contribution >= 0.6 is 0 Å². The molecule has 2 aromatic carbocycles. The maximum atomic E-state index is 13.5. The van der Waals surface area contributed by atoms with Crippen molar-refractivity contribution in [2.75, 3.05) is 20.7 Å². The Morgan fingerprint density at radius 2 is 1.77 bits per heavy atom. The summed E-state index contributed by atoms with van der Waals surface area (Å²) in [5.74, 6) is 0.471. The van der Waals surface area contributed by atoms with Crippen LogP contribution in [-0.2, 0) is 4.79 Å². The van der Waals surface area contributed by atoms with Gasteiger partial charge in [-0.15, -0.1) is 0 Å². The normalized spacial score (nSPS) is 19.5. The molecule has 1 aliphatic heterocycles. The van der Waals surface area contributed by atoms with E-state index in [1.165, 1.54) is 31.4 Å². The monoisotopic (exact) mass is 423 g/mol. The number of hydrogen-bond acceptors (Lipinski definition) is 4. The second kappa shape index (κ2) is 9.60. The number of amides is 1. The van der Waals surface area contributed by atoms with Gasteiger partial charge in [0.1, 0.15) is 11.6 Å². The minimum Gasteiger partial charge on any atom is -0.497 e. The molecule has 2 aromatic rings. The summed E-state index contributed by atoms with van der Waals surface area (Å²) in [5.41, 5.74) is 2.71. The zero-order valence-corrected chi connectivity index (χ0v) is 18.3. The molecule has 1 atom stereocenters. The van der Waals surface area contributed by atoms with Crippen LogP contribution in [0.1, 0.15) is 55.7 Å². The summed E-state index contributed by atoms with van der Waals surface area (Å²) < 4.78 is 18.7. The molecule has 1 unspecified atom stereocenters. The standard InChI is InChI=1S/C25H30FN3O2/c1-28(21-6-4-3-5-7-21)17-25(30)29-24(19-8-12-20(26)13-9-19)16-23(27-29)18-10-14-22(31-2)15-11-18/h8-15,21,24H,3-7,16-17H2,1-2H3. The highest BCUT2D eigenvalue weighted by atomic mass is 19.1. The van der Waals surface area contributed by atoms with Crippen molar-refractivity contribution in [1.29, 1.82) is 0 Å². The van der Waals surface area contributed by atoms with Gasteiger partial charge in [0.2, 0.25) is 0 Å². The van der Waals surface area contributed by atoms with E-state index in [1.807, 2.05) is 31.3 Å². The van der Waals surface area contributed by atoms with Crippen molar-refractivity contribution in [2.45, 2.75) is 50.6 Å². The molecule has 0 radical (unpaired) electrons. The number of benzene rings is 2. The highest BCUT2D eigenvalue weighted by Crippen LogP contribution is 2.33. The number of carbonyl (C=O) groups excluding carboxylic acids is 1. The van der Waals surface area contributed by atoms with Gasteiger partial charge in [0, 0.05) is 12.5 Å². The molecule has 6 heteroatoms. The Morgan fingerprint density at radius 1 is 1.10 bits per heavy atom. The third kappa shape index (κ3) is 4.96. The predicted octanol–water partition coefficient (Wildman–Crippen LogP) is 4.78. The van der Waals surface area contributed by atoms with Crippen LogP contribution in [0.4, 0.5) is 4.39 Å². The van der Waals surface area contributed by atoms with Gasteiger partial charge >= 0.3 is 0 Å². The van der Waals surface area contributed by atoms with Crippen molar-refractivity contribution >= 4 is 11.6 Å². The average molecular weight is 424 g/mol. The van der Waals surface area contributed by atoms with Crippen molar-refractivity contribution in [1.82, 2.24) is 9.91 Å². The Labute approximate surface area is 183 Å². The third-order valence-electron chi connectivity index (χ3n) is 6.43. The van der Waals surface area contributed by atoms with Gasteiger partial charge in [-0.2, -0.15) is 5.10 Å². The average Bonchev–Trinajstić information content (AvgIpc) is 3.26. The van der Waals surface area contributed by atoms with Gasteiger partial charge in [0.15, 0.2) is 0 Å². The molecule has 2 aliphatic rings. The third-order valence-corrected chi connectivity index (χ3v) is 6.43. The summed E-state index contributed by atoms with van der Waals surface area (Å²) in [7, 11) is 3.67. The second-order valence-electron chi connectivity index (χ2n) is 8.49. The Hall–Kier alpha value is -2.73. The van der Waals surface area contributed by atoms with E-state index >= 15 is 0 Å². The number of methoxy groups -OCH3 is 1. The van der Waals surface area contributed by atoms with Crippen LogP contribution in [-0.4, -0.2) is 48.3 Å². The van der Waals surface area contributed by atoms with Gasteiger partial charge in [0.25, 0.3) is 5.91 Å². The summed E-state index contributed by atoms with van der Waals surface area (Å²) >= 11 is 0. The van der Waals surface area contributed by atoms with Gasteiger partial charge in [-0.05, 0) is 67.4 Å². The van der Waals surface area contributed by atoms with Gasteiger partial charge in [-0.1, -0.05) is 31.4 Å². The first-order valence-electron chi connectivity index (χ1n) is 11.0. The molecule has 31 heavy (non-hydrogen) atoms. The van der Waals surface area contributed by atoms with E-state index in [1.54, 1.807) is 24.3 Å². The molecule has 0 bridgehead atoms. The fraction of sp³-hybridized carbons (Fsp3) is 0.440. The molecule has 0 saturated heterocycles.